The number of benzene rings is 2. The molecule has 0 N–H and O–H groups in total. The summed E-state index contributed by atoms with van der Waals surface area (Å²) in [6, 6.07) is 9.60. The molecule has 106 valence electrons. The third-order valence-electron chi connectivity index (χ3n) is 2.91. The highest BCUT2D eigenvalue weighted by molar-refractivity contribution is 5.96. The van der Waals surface area contributed by atoms with Gasteiger partial charge in [0.05, 0.1) is 11.1 Å². The van der Waals surface area contributed by atoms with E-state index >= 15 is 0 Å². The summed E-state index contributed by atoms with van der Waals surface area (Å²) in [5.41, 5.74) is 0.281. The number of ether oxygens (including phenoxy) is 1. The van der Waals surface area contributed by atoms with Gasteiger partial charge in [0.15, 0.2) is 5.78 Å². The van der Waals surface area contributed by atoms with Crippen LogP contribution in [0.2, 0.25) is 0 Å². The Morgan fingerprint density at radius 2 is 2.05 bits per heavy atom. The van der Waals surface area contributed by atoms with Crippen molar-refractivity contribution in [2.24, 2.45) is 0 Å². The maximum absolute atomic E-state index is 13.9. The molecule has 0 aliphatic carbocycles. The van der Waals surface area contributed by atoms with Gasteiger partial charge in [-0.1, -0.05) is 12.1 Å². The lowest BCUT2D eigenvalue weighted by atomic mass is 10.1. The van der Waals surface area contributed by atoms with Crippen molar-refractivity contribution < 1.29 is 18.3 Å². The van der Waals surface area contributed by atoms with Crippen LogP contribution in [-0.2, 0) is 6.61 Å². The van der Waals surface area contributed by atoms with E-state index in [2.05, 4.69) is 0 Å². The quantitative estimate of drug-likeness (QED) is 0.807. The van der Waals surface area contributed by atoms with Gasteiger partial charge >= 0.3 is 0 Å². The predicted octanol–water partition coefficient (Wildman–Crippen LogP) is 3.62. The highest BCUT2D eigenvalue weighted by Gasteiger charge is 2.12. The smallest absolute Gasteiger partial charge is 0.163 e. The Bertz CT molecular complexity index is 736. The van der Waals surface area contributed by atoms with E-state index in [9.17, 15) is 13.6 Å². The lowest BCUT2D eigenvalue weighted by Crippen LogP contribution is -2.04. The Labute approximate surface area is 120 Å². The molecule has 2 rings (SSSR count). The maximum atomic E-state index is 13.9. The van der Waals surface area contributed by atoms with E-state index in [4.69, 9.17) is 10.00 Å². The van der Waals surface area contributed by atoms with Gasteiger partial charge < -0.3 is 4.74 Å². The molecule has 0 aliphatic heterocycles. The van der Waals surface area contributed by atoms with Crippen LogP contribution in [-0.4, -0.2) is 5.78 Å². The van der Waals surface area contributed by atoms with Gasteiger partial charge in [-0.05, 0) is 25.1 Å². The van der Waals surface area contributed by atoms with Gasteiger partial charge in [-0.15, -0.1) is 0 Å². The van der Waals surface area contributed by atoms with E-state index in [-0.39, 0.29) is 34.8 Å². The summed E-state index contributed by atoms with van der Waals surface area (Å²) in [6.07, 6.45) is 0. The van der Waals surface area contributed by atoms with Crippen molar-refractivity contribution in [3.63, 3.8) is 0 Å². The summed E-state index contributed by atoms with van der Waals surface area (Å²) < 4.78 is 32.4. The zero-order chi connectivity index (χ0) is 15.4. The largest absolute Gasteiger partial charge is 0.488 e. The zero-order valence-corrected chi connectivity index (χ0v) is 11.2. The fraction of sp³-hybridized carbons (Fsp3) is 0.125. The molecule has 0 amide bonds. The number of nitriles is 1. The van der Waals surface area contributed by atoms with Crippen LogP contribution in [0.3, 0.4) is 0 Å². The molecule has 0 saturated carbocycles. The summed E-state index contributed by atoms with van der Waals surface area (Å²) in [5, 5.41) is 8.76. The molecule has 0 bridgehead atoms. The van der Waals surface area contributed by atoms with Gasteiger partial charge in [0.1, 0.15) is 30.1 Å². The lowest BCUT2D eigenvalue weighted by Gasteiger charge is -2.11. The van der Waals surface area contributed by atoms with Crippen LogP contribution in [0.4, 0.5) is 8.78 Å². The van der Waals surface area contributed by atoms with Gasteiger partial charge in [0, 0.05) is 11.6 Å². The Morgan fingerprint density at radius 1 is 1.29 bits per heavy atom. The second kappa shape index (κ2) is 6.14. The molecule has 3 nitrogen and oxygen atoms in total. The fourth-order valence-electron chi connectivity index (χ4n) is 1.84. The molecule has 0 heterocycles. The second-order valence-corrected chi connectivity index (χ2v) is 4.38. The molecule has 0 unspecified atom stereocenters. The minimum absolute atomic E-state index is 0.0456. The molecule has 0 atom stereocenters. The third-order valence-corrected chi connectivity index (χ3v) is 2.91. The summed E-state index contributed by atoms with van der Waals surface area (Å²) in [4.78, 5) is 11.4. The molecule has 0 aromatic heterocycles. The van der Waals surface area contributed by atoms with Crippen LogP contribution in [0.5, 0.6) is 5.75 Å². The van der Waals surface area contributed by atoms with Crippen LogP contribution >= 0.6 is 0 Å². The number of ketones is 1. The molecule has 0 spiro atoms. The summed E-state index contributed by atoms with van der Waals surface area (Å²) in [6.45, 7) is 1.13. The fourth-order valence-corrected chi connectivity index (χ4v) is 1.84. The van der Waals surface area contributed by atoms with Crippen molar-refractivity contribution in [2.45, 2.75) is 13.5 Å². The summed E-state index contributed by atoms with van der Waals surface area (Å²) in [5.74, 6) is -1.47. The van der Waals surface area contributed by atoms with E-state index in [1.165, 1.54) is 31.2 Å². The Hall–Kier alpha value is -2.74. The minimum Gasteiger partial charge on any atom is -0.488 e. The van der Waals surface area contributed by atoms with Crippen molar-refractivity contribution in [1.29, 1.82) is 5.26 Å². The first-order valence-corrected chi connectivity index (χ1v) is 6.13. The minimum atomic E-state index is -0.680. The normalized spacial score (nSPS) is 10.0. The Balaban J connectivity index is 2.27. The van der Waals surface area contributed by atoms with Crippen LogP contribution in [0.25, 0.3) is 0 Å². The maximum Gasteiger partial charge on any atom is 0.163 e. The van der Waals surface area contributed by atoms with Crippen LogP contribution in [0, 0.1) is 23.0 Å². The Kier molecular flexibility index (Phi) is 4.29. The highest BCUT2D eigenvalue weighted by Crippen LogP contribution is 2.22. The van der Waals surface area contributed by atoms with Crippen LogP contribution < -0.4 is 4.74 Å². The number of carbonyl (C=O) groups is 1. The molecule has 5 heteroatoms. The van der Waals surface area contributed by atoms with Crippen molar-refractivity contribution >= 4 is 5.78 Å². The van der Waals surface area contributed by atoms with E-state index in [0.717, 1.165) is 12.1 Å². The van der Waals surface area contributed by atoms with Gasteiger partial charge in [0.25, 0.3) is 0 Å². The van der Waals surface area contributed by atoms with E-state index in [1.54, 1.807) is 6.07 Å². The number of nitrogens with zero attached hydrogens (tertiary/aromatic N) is 1. The standard InChI is InChI=1S/C16H11F2NO2/c1-10(20)14-6-5-13(17)7-15(14)21-9-12-4-2-3-11(8-19)16(12)18/h2-7H,9H2,1H3. The van der Waals surface area contributed by atoms with E-state index in [1.807, 2.05) is 0 Å². The highest BCUT2D eigenvalue weighted by atomic mass is 19.1. The lowest BCUT2D eigenvalue weighted by molar-refractivity contribution is 0.101. The molecular formula is C16H11F2NO2. The molecule has 2 aromatic rings. The molecule has 0 aliphatic rings. The van der Waals surface area contributed by atoms with Crippen LogP contribution in [0.15, 0.2) is 36.4 Å². The van der Waals surface area contributed by atoms with E-state index in [0.29, 0.717) is 0 Å². The number of Topliss-reactive ketones (excluding diaryl/α,β-unsaturated/α-hetero) is 1. The molecule has 0 fully saturated rings. The number of carbonyl (C=O) groups excluding carboxylic acids is 1. The number of halogens is 2. The van der Waals surface area contributed by atoms with Crippen molar-refractivity contribution in [2.75, 3.05) is 0 Å². The molecular weight excluding hydrogens is 276 g/mol. The summed E-state index contributed by atoms with van der Waals surface area (Å²) >= 11 is 0. The van der Waals surface area contributed by atoms with Crippen LogP contribution in [0.1, 0.15) is 28.4 Å². The number of rotatable bonds is 4. The third kappa shape index (κ3) is 3.23. The first-order valence-electron chi connectivity index (χ1n) is 6.13. The molecule has 2 aromatic carbocycles. The molecule has 0 radical (unpaired) electrons. The summed E-state index contributed by atoms with van der Waals surface area (Å²) in [7, 11) is 0. The van der Waals surface area contributed by atoms with Gasteiger partial charge in [-0.25, -0.2) is 8.78 Å². The predicted molar refractivity (Wildman–Crippen MR) is 71.9 cm³/mol. The average molecular weight is 287 g/mol. The molecule has 21 heavy (non-hydrogen) atoms. The first-order chi connectivity index (χ1) is 10.0. The van der Waals surface area contributed by atoms with Crippen molar-refractivity contribution in [1.82, 2.24) is 0 Å². The van der Waals surface area contributed by atoms with E-state index < -0.39 is 11.6 Å². The monoisotopic (exact) mass is 287 g/mol. The molecule has 0 saturated heterocycles. The van der Waals surface area contributed by atoms with Gasteiger partial charge in [-0.2, -0.15) is 5.26 Å². The average Bonchev–Trinajstić information content (AvgIpc) is 2.46. The Morgan fingerprint density at radius 3 is 2.71 bits per heavy atom. The van der Waals surface area contributed by atoms with Crippen molar-refractivity contribution in [3.05, 3.63) is 64.7 Å². The van der Waals surface area contributed by atoms with Crippen molar-refractivity contribution in [3.8, 4) is 11.8 Å². The van der Waals surface area contributed by atoms with Gasteiger partial charge in [-0.3, -0.25) is 4.79 Å². The number of hydrogen-bond donors (Lipinski definition) is 0. The number of hydrogen-bond acceptors (Lipinski definition) is 3. The topological polar surface area (TPSA) is 50.1 Å². The first kappa shape index (κ1) is 14.7. The van der Waals surface area contributed by atoms with Gasteiger partial charge in [0.2, 0.25) is 0 Å². The zero-order valence-electron chi connectivity index (χ0n) is 11.2. The second-order valence-electron chi connectivity index (χ2n) is 4.38. The SMILES string of the molecule is CC(=O)c1ccc(F)cc1OCc1cccc(C#N)c1F.